The molecule has 1 rings (SSSR count). The molecule has 0 aliphatic rings. The lowest BCUT2D eigenvalue weighted by atomic mass is 10.0. The molecule has 1 N–H and O–H groups in total. The summed E-state index contributed by atoms with van der Waals surface area (Å²) in [5, 5.41) is 3.31. The molecular formula is C15H23N. The average Bonchev–Trinajstić information content (AvgIpc) is 2.28. The lowest BCUT2D eigenvalue weighted by Gasteiger charge is -2.02. The van der Waals surface area contributed by atoms with E-state index in [2.05, 4.69) is 56.4 Å². The highest BCUT2D eigenvalue weighted by molar-refractivity contribution is 5.30. The number of allylic oxidation sites excluding steroid dienone is 1. The molecule has 0 aliphatic heterocycles. The van der Waals surface area contributed by atoms with Gasteiger partial charge in [-0.05, 0) is 56.5 Å². The highest BCUT2D eigenvalue weighted by Crippen LogP contribution is 2.10. The van der Waals surface area contributed by atoms with Crippen molar-refractivity contribution in [3.05, 3.63) is 47.0 Å². The van der Waals surface area contributed by atoms with Crippen LogP contribution in [0.1, 0.15) is 30.0 Å². The Morgan fingerprint density at radius 3 is 2.62 bits per heavy atom. The summed E-state index contributed by atoms with van der Waals surface area (Å²) in [5.74, 6) is 0. The number of nitrogens with one attached hydrogen (secondary N) is 1. The topological polar surface area (TPSA) is 12.0 Å². The Morgan fingerprint density at radius 1 is 1.12 bits per heavy atom. The summed E-state index contributed by atoms with van der Waals surface area (Å²) in [4.78, 5) is 0. The van der Waals surface area contributed by atoms with Crippen LogP contribution in [0.4, 0.5) is 0 Å². The van der Waals surface area contributed by atoms with Crippen LogP contribution in [0.2, 0.25) is 0 Å². The van der Waals surface area contributed by atoms with Gasteiger partial charge in [-0.3, -0.25) is 0 Å². The van der Waals surface area contributed by atoms with Gasteiger partial charge in [0.15, 0.2) is 0 Å². The van der Waals surface area contributed by atoms with E-state index >= 15 is 0 Å². The molecule has 0 aliphatic carbocycles. The maximum Gasteiger partial charge on any atom is -0.00144 e. The predicted octanol–water partition coefficient (Wildman–Crippen LogP) is 3.40. The quantitative estimate of drug-likeness (QED) is 0.569. The second-order valence-corrected chi connectivity index (χ2v) is 4.24. The molecule has 88 valence electrons. The first-order chi connectivity index (χ1) is 7.74. The van der Waals surface area contributed by atoms with Gasteiger partial charge < -0.3 is 5.32 Å². The number of hydrogen-bond donors (Lipinski definition) is 1. The molecule has 1 aromatic carbocycles. The van der Waals surface area contributed by atoms with E-state index < -0.39 is 0 Å². The molecule has 1 heteroatoms. The van der Waals surface area contributed by atoms with Crippen molar-refractivity contribution in [2.24, 2.45) is 0 Å². The highest BCUT2D eigenvalue weighted by Gasteiger charge is 1.93. The van der Waals surface area contributed by atoms with Gasteiger partial charge in [-0.2, -0.15) is 0 Å². The number of hydrogen-bond acceptors (Lipinski definition) is 1. The molecule has 0 atom stereocenters. The largest absolute Gasteiger partial charge is 0.317 e. The molecule has 0 aromatic heterocycles. The summed E-state index contributed by atoms with van der Waals surface area (Å²) in [5.41, 5.74) is 4.17. The highest BCUT2D eigenvalue weighted by atomic mass is 14.8. The third-order valence-corrected chi connectivity index (χ3v) is 2.83. The molecule has 1 nitrogen and oxygen atoms in total. The Balaban J connectivity index is 2.34. The van der Waals surface area contributed by atoms with Crippen molar-refractivity contribution >= 4 is 0 Å². The van der Waals surface area contributed by atoms with E-state index in [4.69, 9.17) is 0 Å². The van der Waals surface area contributed by atoms with Crippen LogP contribution in [0.15, 0.2) is 30.4 Å². The van der Waals surface area contributed by atoms with Crippen molar-refractivity contribution in [2.75, 3.05) is 13.1 Å². The van der Waals surface area contributed by atoms with Crippen LogP contribution in [-0.2, 0) is 6.42 Å². The van der Waals surface area contributed by atoms with Gasteiger partial charge in [0.25, 0.3) is 0 Å². The Morgan fingerprint density at radius 2 is 1.94 bits per heavy atom. The van der Waals surface area contributed by atoms with Crippen LogP contribution in [0, 0.1) is 13.8 Å². The molecule has 0 unspecified atom stereocenters. The summed E-state index contributed by atoms with van der Waals surface area (Å²) in [7, 11) is 0. The first-order valence-corrected chi connectivity index (χ1v) is 6.16. The van der Waals surface area contributed by atoms with Crippen LogP contribution >= 0.6 is 0 Å². The van der Waals surface area contributed by atoms with Crippen LogP contribution in [0.5, 0.6) is 0 Å². The smallest absolute Gasteiger partial charge is 0.00144 e. The standard InChI is InChI=1S/C15H23N/c1-4-16-11-7-5-6-8-15-10-9-13(2)14(3)12-15/h5-6,9-10,12,16H,4,7-8,11H2,1-3H3. The number of rotatable bonds is 6. The predicted molar refractivity (Wildman–Crippen MR) is 71.9 cm³/mol. The van der Waals surface area contributed by atoms with Gasteiger partial charge in [-0.15, -0.1) is 0 Å². The fraction of sp³-hybridized carbons (Fsp3) is 0.467. The lowest BCUT2D eigenvalue weighted by molar-refractivity contribution is 0.726. The van der Waals surface area contributed by atoms with E-state index in [1.807, 2.05) is 0 Å². The summed E-state index contributed by atoms with van der Waals surface area (Å²) in [6, 6.07) is 6.71. The molecular weight excluding hydrogens is 194 g/mol. The maximum absolute atomic E-state index is 3.31. The van der Waals surface area contributed by atoms with Gasteiger partial charge in [-0.25, -0.2) is 0 Å². The van der Waals surface area contributed by atoms with E-state index in [0.29, 0.717) is 0 Å². The third-order valence-electron chi connectivity index (χ3n) is 2.83. The zero-order valence-corrected chi connectivity index (χ0v) is 10.7. The Kier molecular flexibility index (Phi) is 5.87. The van der Waals surface area contributed by atoms with E-state index in [0.717, 1.165) is 25.9 Å². The van der Waals surface area contributed by atoms with Gasteiger partial charge >= 0.3 is 0 Å². The molecule has 0 fully saturated rings. The van der Waals surface area contributed by atoms with Gasteiger partial charge in [0.2, 0.25) is 0 Å². The molecule has 0 bridgehead atoms. The molecule has 0 spiro atoms. The van der Waals surface area contributed by atoms with Crippen molar-refractivity contribution in [1.29, 1.82) is 0 Å². The van der Waals surface area contributed by atoms with Gasteiger partial charge in [-0.1, -0.05) is 37.3 Å². The molecule has 16 heavy (non-hydrogen) atoms. The van der Waals surface area contributed by atoms with Crippen LogP contribution in [0.25, 0.3) is 0 Å². The number of benzene rings is 1. The maximum atomic E-state index is 3.31. The molecule has 0 heterocycles. The molecule has 0 radical (unpaired) electrons. The molecule has 1 aromatic rings. The minimum Gasteiger partial charge on any atom is -0.317 e. The monoisotopic (exact) mass is 217 g/mol. The first-order valence-electron chi connectivity index (χ1n) is 6.16. The molecule has 0 amide bonds. The van der Waals surface area contributed by atoms with Crippen molar-refractivity contribution in [2.45, 2.75) is 33.6 Å². The second-order valence-electron chi connectivity index (χ2n) is 4.24. The zero-order valence-electron chi connectivity index (χ0n) is 10.7. The van der Waals surface area contributed by atoms with E-state index in [9.17, 15) is 0 Å². The van der Waals surface area contributed by atoms with Crippen molar-refractivity contribution in [1.82, 2.24) is 5.32 Å². The molecule has 0 saturated carbocycles. The van der Waals surface area contributed by atoms with E-state index in [1.54, 1.807) is 0 Å². The normalized spacial score (nSPS) is 11.2. The Labute approximate surface area is 99.6 Å². The fourth-order valence-electron chi connectivity index (χ4n) is 1.63. The SMILES string of the molecule is CCNCCC=CCc1ccc(C)c(C)c1. The summed E-state index contributed by atoms with van der Waals surface area (Å²) in [6.45, 7) is 8.61. The zero-order chi connectivity index (χ0) is 11.8. The third kappa shape index (κ3) is 4.63. The van der Waals surface area contributed by atoms with E-state index in [-0.39, 0.29) is 0 Å². The summed E-state index contributed by atoms with van der Waals surface area (Å²) < 4.78 is 0. The minimum atomic E-state index is 1.05. The van der Waals surface area contributed by atoms with Crippen LogP contribution in [-0.4, -0.2) is 13.1 Å². The Bertz CT molecular complexity index is 339. The summed E-state index contributed by atoms with van der Waals surface area (Å²) >= 11 is 0. The van der Waals surface area contributed by atoms with Gasteiger partial charge in [0.05, 0.1) is 0 Å². The van der Waals surface area contributed by atoms with Crippen molar-refractivity contribution in [3.63, 3.8) is 0 Å². The molecule has 0 saturated heterocycles. The van der Waals surface area contributed by atoms with Crippen molar-refractivity contribution < 1.29 is 0 Å². The first kappa shape index (κ1) is 13.0. The van der Waals surface area contributed by atoms with Gasteiger partial charge in [0, 0.05) is 0 Å². The summed E-state index contributed by atoms with van der Waals surface area (Å²) in [6.07, 6.45) is 6.70. The van der Waals surface area contributed by atoms with E-state index in [1.165, 1.54) is 16.7 Å². The van der Waals surface area contributed by atoms with Crippen LogP contribution in [0.3, 0.4) is 0 Å². The minimum absolute atomic E-state index is 1.05. The lowest BCUT2D eigenvalue weighted by Crippen LogP contribution is -2.12. The number of aryl methyl sites for hydroxylation is 2. The second kappa shape index (κ2) is 7.24. The Hall–Kier alpha value is -1.08. The van der Waals surface area contributed by atoms with Crippen molar-refractivity contribution in [3.8, 4) is 0 Å². The van der Waals surface area contributed by atoms with Gasteiger partial charge in [0.1, 0.15) is 0 Å². The fourth-order valence-corrected chi connectivity index (χ4v) is 1.63. The average molecular weight is 217 g/mol. The van der Waals surface area contributed by atoms with Crippen LogP contribution < -0.4 is 5.32 Å².